The van der Waals surface area contributed by atoms with Gasteiger partial charge in [-0.2, -0.15) is 5.26 Å². The summed E-state index contributed by atoms with van der Waals surface area (Å²) < 4.78 is 5.19. The van der Waals surface area contributed by atoms with Crippen LogP contribution in [0.5, 0.6) is 0 Å². The van der Waals surface area contributed by atoms with Gasteiger partial charge in [-0.1, -0.05) is 0 Å². The van der Waals surface area contributed by atoms with Crippen LogP contribution in [-0.4, -0.2) is 26.3 Å². The number of nitrogens with two attached hydrogens (primary N) is 1. The van der Waals surface area contributed by atoms with E-state index in [0.29, 0.717) is 23.9 Å². The number of rotatable bonds is 6. The molecule has 1 aromatic carbocycles. The predicted octanol–water partition coefficient (Wildman–Crippen LogP) is 2.39. The summed E-state index contributed by atoms with van der Waals surface area (Å²) >= 11 is 0. The zero-order chi connectivity index (χ0) is 13.8. The lowest BCUT2D eigenvalue weighted by atomic mass is 10.1. The molecule has 4 nitrogen and oxygen atoms in total. The van der Waals surface area contributed by atoms with Crippen LogP contribution in [0.1, 0.15) is 25.3 Å². The van der Waals surface area contributed by atoms with Crippen LogP contribution in [0.15, 0.2) is 18.2 Å². The third kappa shape index (κ3) is 3.18. The Bertz CT molecular complexity index is 477. The van der Waals surface area contributed by atoms with E-state index in [-0.39, 0.29) is 0 Å². The smallest absolute Gasteiger partial charge is 0.101 e. The van der Waals surface area contributed by atoms with Crippen molar-refractivity contribution in [3.05, 3.63) is 23.8 Å². The van der Waals surface area contributed by atoms with Gasteiger partial charge in [0.25, 0.3) is 0 Å². The second-order valence-electron chi connectivity index (χ2n) is 5.15. The second-order valence-corrected chi connectivity index (χ2v) is 5.15. The minimum atomic E-state index is 0.477. The summed E-state index contributed by atoms with van der Waals surface area (Å²) in [5, 5.41) is 9.09. The van der Waals surface area contributed by atoms with Crippen molar-refractivity contribution < 1.29 is 4.74 Å². The van der Waals surface area contributed by atoms with Crippen LogP contribution >= 0.6 is 0 Å². The topological polar surface area (TPSA) is 62.3 Å². The molecule has 2 rings (SSSR count). The zero-order valence-corrected chi connectivity index (χ0v) is 11.6. The van der Waals surface area contributed by atoms with Gasteiger partial charge >= 0.3 is 0 Å². The van der Waals surface area contributed by atoms with Crippen LogP contribution in [0.25, 0.3) is 0 Å². The summed E-state index contributed by atoms with van der Waals surface area (Å²) in [6, 6.07) is 8.31. The molecule has 0 amide bonds. The van der Waals surface area contributed by atoms with E-state index >= 15 is 0 Å². The molecule has 1 aromatic rings. The van der Waals surface area contributed by atoms with E-state index in [9.17, 15) is 0 Å². The molecule has 0 aliphatic heterocycles. The first kappa shape index (κ1) is 13.7. The molecule has 1 atom stereocenters. The molecule has 1 unspecified atom stereocenters. The standard InChI is InChI=1S/C15H21N3O/c1-11(12-3-4-12)18(7-8-19-2)14-5-6-15(17)13(9-14)10-16/h5-6,9,11-12H,3-4,7-8,17H2,1-2H3. The average Bonchev–Trinajstić information content (AvgIpc) is 3.24. The fraction of sp³-hybridized carbons (Fsp3) is 0.533. The number of hydrogen-bond acceptors (Lipinski definition) is 4. The fourth-order valence-electron chi connectivity index (χ4n) is 2.41. The highest BCUT2D eigenvalue weighted by molar-refractivity contribution is 5.63. The van der Waals surface area contributed by atoms with Gasteiger partial charge in [-0.25, -0.2) is 0 Å². The van der Waals surface area contributed by atoms with Gasteiger partial charge in [0.1, 0.15) is 6.07 Å². The zero-order valence-electron chi connectivity index (χ0n) is 11.6. The molecule has 0 aromatic heterocycles. The monoisotopic (exact) mass is 259 g/mol. The van der Waals surface area contributed by atoms with Crippen LogP contribution in [0.3, 0.4) is 0 Å². The van der Waals surface area contributed by atoms with Crippen molar-refractivity contribution in [3.63, 3.8) is 0 Å². The molecule has 1 fully saturated rings. The summed E-state index contributed by atoms with van der Waals surface area (Å²) in [5.41, 5.74) is 7.92. The molecular weight excluding hydrogens is 238 g/mol. The quantitative estimate of drug-likeness (QED) is 0.797. The number of benzene rings is 1. The molecule has 1 saturated carbocycles. The van der Waals surface area contributed by atoms with Gasteiger partial charge < -0.3 is 15.4 Å². The molecule has 4 heteroatoms. The minimum absolute atomic E-state index is 0.477. The number of nitriles is 1. The van der Waals surface area contributed by atoms with Gasteiger partial charge in [-0.3, -0.25) is 0 Å². The summed E-state index contributed by atoms with van der Waals surface area (Å²) in [6.45, 7) is 3.77. The summed E-state index contributed by atoms with van der Waals surface area (Å²) in [5.74, 6) is 0.764. The minimum Gasteiger partial charge on any atom is -0.398 e. The van der Waals surface area contributed by atoms with Crippen LogP contribution in [0.4, 0.5) is 11.4 Å². The largest absolute Gasteiger partial charge is 0.398 e. The number of nitrogens with zero attached hydrogens (tertiary/aromatic N) is 2. The van der Waals surface area contributed by atoms with Crippen molar-refractivity contribution in [2.45, 2.75) is 25.8 Å². The Labute approximate surface area is 114 Å². The third-order valence-electron chi connectivity index (χ3n) is 3.82. The van der Waals surface area contributed by atoms with Gasteiger partial charge in [0.2, 0.25) is 0 Å². The lowest BCUT2D eigenvalue weighted by molar-refractivity contribution is 0.202. The maximum absolute atomic E-state index is 9.09. The summed E-state index contributed by atoms with van der Waals surface area (Å²) in [6.07, 6.45) is 2.59. The first-order valence-corrected chi connectivity index (χ1v) is 6.72. The Balaban J connectivity index is 2.23. The van der Waals surface area contributed by atoms with Gasteiger partial charge in [-0.05, 0) is 43.9 Å². The van der Waals surface area contributed by atoms with Crippen molar-refractivity contribution in [3.8, 4) is 6.07 Å². The Kier molecular flexibility index (Phi) is 4.28. The van der Waals surface area contributed by atoms with E-state index in [1.54, 1.807) is 7.11 Å². The SMILES string of the molecule is COCCN(c1ccc(N)c(C#N)c1)C(C)C1CC1. The lowest BCUT2D eigenvalue weighted by Gasteiger charge is -2.31. The third-order valence-corrected chi connectivity index (χ3v) is 3.82. The number of ether oxygens (including phenoxy) is 1. The first-order chi connectivity index (χ1) is 9.17. The maximum Gasteiger partial charge on any atom is 0.101 e. The molecule has 0 bridgehead atoms. The highest BCUT2D eigenvalue weighted by Gasteiger charge is 2.32. The van der Waals surface area contributed by atoms with Crippen molar-refractivity contribution in [2.24, 2.45) is 5.92 Å². The Hall–Kier alpha value is -1.73. The molecule has 0 heterocycles. The van der Waals surface area contributed by atoms with Gasteiger partial charge in [0.15, 0.2) is 0 Å². The molecule has 0 radical (unpaired) electrons. The normalized spacial score (nSPS) is 15.8. The Morgan fingerprint density at radius 2 is 2.26 bits per heavy atom. The molecule has 0 saturated heterocycles. The van der Waals surface area contributed by atoms with E-state index in [4.69, 9.17) is 15.7 Å². The van der Waals surface area contributed by atoms with Crippen LogP contribution < -0.4 is 10.6 Å². The molecular formula is C15H21N3O. The van der Waals surface area contributed by atoms with Crippen LogP contribution in [0.2, 0.25) is 0 Å². The first-order valence-electron chi connectivity index (χ1n) is 6.72. The molecule has 19 heavy (non-hydrogen) atoms. The number of anilines is 2. The fourth-order valence-corrected chi connectivity index (χ4v) is 2.41. The van der Waals surface area contributed by atoms with Crippen molar-refractivity contribution >= 4 is 11.4 Å². The van der Waals surface area contributed by atoms with E-state index in [2.05, 4.69) is 17.9 Å². The highest BCUT2D eigenvalue weighted by Crippen LogP contribution is 2.37. The Morgan fingerprint density at radius 1 is 1.53 bits per heavy atom. The number of hydrogen-bond donors (Lipinski definition) is 1. The molecule has 0 spiro atoms. The van der Waals surface area contributed by atoms with Gasteiger partial charge in [-0.15, -0.1) is 0 Å². The van der Waals surface area contributed by atoms with Gasteiger partial charge in [0.05, 0.1) is 12.2 Å². The van der Waals surface area contributed by atoms with Crippen molar-refractivity contribution in [2.75, 3.05) is 30.9 Å². The number of methoxy groups -OCH3 is 1. The molecule has 1 aliphatic rings. The van der Waals surface area contributed by atoms with Crippen molar-refractivity contribution in [1.82, 2.24) is 0 Å². The maximum atomic E-state index is 9.09. The molecule has 102 valence electrons. The lowest BCUT2D eigenvalue weighted by Crippen LogP contribution is -2.37. The second kappa shape index (κ2) is 5.94. The van der Waals surface area contributed by atoms with E-state index < -0.39 is 0 Å². The van der Waals surface area contributed by atoms with E-state index in [1.165, 1.54) is 12.8 Å². The summed E-state index contributed by atoms with van der Waals surface area (Å²) in [4.78, 5) is 2.32. The average molecular weight is 259 g/mol. The van der Waals surface area contributed by atoms with Crippen LogP contribution in [-0.2, 0) is 4.74 Å². The van der Waals surface area contributed by atoms with E-state index in [0.717, 1.165) is 18.2 Å². The predicted molar refractivity (Wildman–Crippen MR) is 77.0 cm³/mol. The summed E-state index contributed by atoms with van der Waals surface area (Å²) in [7, 11) is 1.71. The molecule has 2 N–H and O–H groups in total. The Morgan fingerprint density at radius 3 is 2.84 bits per heavy atom. The molecule has 1 aliphatic carbocycles. The van der Waals surface area contributed by atoms with E-state index in [1.807, 2.05) is 18.2 Å². The number of nitrogen functional groups attached to an aromatic ring is 1. The van der Waals surface area contributed by atoms with Crippen molar-refractivity contribution in [1.29, 1.82) is 5.26 Å². The van der Waals surface area contributed by atoms with Crippen LogP contribution in [0, 0.1) is 17.2 Å². The van der Waals surface area contributed by atoms with Gasteiger partial charge in [0, 0.05) is 31.1 Å². The highest BCUT2D eigenvalue weighted by atomic mass is 16.5.